The van der Waals surface area contributed by atoms with Gasteiger partial charge in [-0.2, -0.15) is 0 Å². The number of hydrogen-bond donors (Lipinski definition) is 1. The molecule has 27 heavy (non-hydrogen) atoms. The highest BCUT2D eigenvalue weighted by Crippen LogP contribution is 2.30. The lowest BCUT2D eigenvalue weighted by Gasteiger charge is -2.47. The lowest BCUT2D eigenvalue weighted by molar-refractivity contribution is -0.136. The van der Waals surface area contributed by atoms with Crippen LogP contribution in [0, 0.1) is 0 Å². The van der Waals surface area contributed by atoms with E-state index >= 15 is 0 Å². The van der Waals surface area contributed by atoms with Crippen LogP contribution in [-0.2, 0) is 16.0 Å². The van der Waals surface area contributed by atoms with Gasteiger partial charge in [-0.05, 0) is 24.1 Å². The van der Waals surface area contributed by atoms with E-state index in [1.165, 1.54) is 12.1 Å². The van der Waals surface area contributed by atoms with Gasteiger partial charge in [0, 0.05) is 57.8 Å². The molecule has 0 spiro atoms. The van der Waals surface area contributed by atoms with Crippen molar-refractivity contribution in [1.82, 2.24) is 14.7 Å². The number of aromatic hydroxyl groups is 1. The molecular formula is C19H23Cl2N3O3. The molecule has 0 atom stereocenters. The summed E-state index contributed by atoms with van der Waals surface area (Å²) >= 11 is 11.8. The molecule has 6 nitrogen and oxygen atoms in total. The Bertz CT molecular complexity index is 742. The van der Waals surface area contributed by atoms with E-state index in [0.29, 0.717) is 47.6 Å². The van der Waals surface area contributed by atoms with Crippen molar-refractivity contribution in [3.8, 4) is 5.75 Å². The average molecular weight is 412 g/mol. The molecule has 1 aromatic carbocycles. The van der Waals surface area contributed by atoms with E-state index in [2.05, 4.69) is 11.5 Å². The van der Waals surface area contributed by atoms with Gasteiger partial charge in [0.15, 0.2) is 0 Å². The Morgan fingerprint density at radius 3 is 2.37 bits per heavy atom. The van der Waals surface area contributed by atoms with E-state index in [0.717, 1.165) is 26.2 Å². The first-order valence-electron chi connectivity index (χ1n) is 8.99. The van der Waals surface area contributed by atoms with Gasteiger partial charge < -0.3 is 14.9 Å². The molecule has 8 heteroatoms. The molecule has 3 rings (SSSR count). The van der Waals surface area contributed by atoms with Crippen LogP contribution >= 0.6 is 23.2 Å². The number of amides is 2. The van der Waals surface area contributed by atoms with Crippen LogP contribution in [0.2, 0.25) is 10.0 Å². The number of piperazine rings is 1. The van der Waals surface area contributed by atoms with Crippen LogP contribution in [0.5, 0.6) is 5.75 Å². The Hall–Kier alpha value is -1.76. The predicted molar refractivity (Wildman–Crippen MR) is 105 cm³/mol. The normalized spacial score (nSPS) is 18.3. The number of carbonyl (C=O) groups is 2. The first-order chi connectivity index (χ1) is 12.9. The van der Waals surface area contributed by atoms with Crippen LogP contribution in [0.4, 0.5) is 0 Å². The fraction of sp³-hybridized carbons (Fsp3) is 0.474. The number of benzene rings is 1. The van der Waals surface area contributed by atoms with E-state index < -0.39 is 0 Å². The molecule has 2 heterocycles. The summed E-state index contributed by atoms with van der Waals surface area (Å²) in [6.07, 6.45) is 2.08. The zero-order valence-corrected chi connectivity index (χ0v) is 16.5. The van der Waals surface area contributed by atoms with Gasteiger partial charge in [0.2, 0.25) is 11.8 Å². The van der Waals surface area contributed by atoms with Crippen molar-refractivity contribution < 1.29 is 14.7 Å². The monoisotopic (exact) mass is 411 g/mol. The van der Waals surface area contributed by atoms with Crippen LogP contribution < -0.4 is 0 Å². The summed E-state index contributed by atoms with van der Waals surface area (Å²) in [6, 6.07) is 3.39. The second-order valence-electron chi connectivity index (χ2n) is 6.91. The molecule has 0 bridgehead atoms. The Kier molecular flexibility index (Phi) is 6.29. The Labute approximate surface area is 168 Å². The number of phenolic OH excluding ortho intramolecular Hbond substituents is 1. The molecule has 0 radical (unpaired) electrons. The Morgan fingerprint density at radius 2 is 1.74 bits per heavy atom. The number of phenols is 1. The summed E-state index contributed by atoms with van der Waals surface area (Å²) in [6.45, 7) is 7.95. The summed E-state index contributed by atoms with van der Waals surface area (Å²) in [5, 5.41) is 10.6. The van der Waals surface area contributed by atoms with Crippen molar-refractivity contribution in [2.24, 2.45) is 0 Å². The SMILES string of the molecule is C=CC(=O)N1CC(N2CCN(C(=O)CCc3cc(Cl)c(Cl)cc3O)CC2)C1. The topological polar surface area (TPSA) is 64.1 Å². The Morgan fingerprint density at radius 1 is 1.11 bits per heavy atom. The number of halogens is 2. The molecule has 2 aliphatic rings. The van der Waals surface area contributed by atoms with E-state index in [-0.39, 0.29) is 17.6 Å². The highest BCUT2D eigenvalue weighted by Gasteiger charge is 2.35. The number of carbonyl (C=O) groups excluding carboxylic acids is 2. The van der Waals surface area contributed by atoms with E-state index in [1.807, 2.05) is 4.90 Å². The zero-order chi connectivity index (χ0) is 19.6. The summed E-state index contributed by atoms with van der Waals surface area (Å²) in [5.74, 6) is 0.105. The van der Waals surface area contributed by atoms with Crippen LogP contribution in [0.15, 0.2) is 24.8 Å². The molecular weight excluding hydrogens is 389 g/mol. The van der Waals surface area contributed by atoms with Crippen molar-refractivity contribution in [1.29, 1.82) is 0 Å². The maximum atomic E-state index is 12.5. The first kappa shape index (κ1) is 20.0. The van der Waals surface area contributed by atoms with Gasteiger partial charge in [-0.3, -0.25) is 14.5 Å². The highest BCUT2D eigenvalue weighted by atomic mass is 35.5. The number of rotatable bonds is 5. The van der Waals surface area contributed by atoms with E-state index in [9.17, 15) is 14.7 Å². The fourth-order valence-corrected chi connectivity index (χ4v) is 3.85. The van der Waals surface area contributed by atoms with E-state index in [1.54, 1.807) is 11.0 Å². The van der Waals surface area contributed by atoms with Crippen LogP contribution in [-0.4, -0.2) is 76.9 Å². The maximum absolute atomic E-state index is 12.5. The molecule has 2 aliphatic heterocycles. The highest BCUT2D eigenvalue weighted by molar-refractivity contribution is 6.42. The Balaban J connectivity index is 1.43. The minimum Gasteiger partial charge on any atom is -0.508 e. The third-order valence-corrected chi connectivity index (χ3v) is 5.98. The average Bonchev–Trinajstić information content (AvgIpc) is 2.62. The van der Waals surface area contributed by atoms with Crippen molar-refractivity contribution in [3.05, 3.63) is 40.4 Å². The van der Waals surface area contributed by atoms with Crippen LogP contribution in [0.25, 0.3) is 0 Å². The van der Waals surface area contributed by atoms with Crippen molar-refractivity contribution in [2.45, 2.75) is 18.9 Å². The molecule has 146 valence electrons. The second-order valence-corrected chi connectivity index (χ2v) is 7.73. The van der Waals surface area contributed by atoms with Gasteiger partial charge in [0.1, 0.15) is 5.75 Å². The molecule has 0 aromatic heterocycles. The quantitative estimate of drug-likeness (QED) is 0.754. The molecule has 1 aromatic rings. The summed E-state index contributed by atoms with van der Waals surface area (Å²) in [4.78, 5) is 30.0. The number of aryl methyl sites for hydroxylation is 1. The maximum Gasteiger partial charge on any atom is 0.246 e. The number of hydrogen-bond acceptors (Lipinski definition) is 4. The summed E-state index contributed by atoms with van der Waals surface area (Å²) in [5.41, 5.74) is 0.623. The second kappa shape index (κ2) is 8.50. The van der Waals surface area contributed by atoms with Crippen molar-refractivity contribution in [3.63, 3.8) is 0 Å². The molecule has 0 aliphatic carbocycles. The van der Waals surface area contributed by atoms with Crippen molar-refractivity contribution >= 4 is 35.0 Å². The number of likely N-dealkylation sites (tertiary alicyclic amines) is 1. The third kappa shape index (κ3) is 4.57. The van der Waals surface area contributed by atoms with Gasteiger partial charge in [0.05, 0.1) is 10.0 Å². The summed E-state index contributed by atoms with van der Waals surface area (Å²) < 4.78 is 0. The molecule has 2 fully saturated rings. The zero-order valence-electron chi connectivity index (χ0n) is 15.0. The van der Waals surface area contributed by atoms with Gasteiger partial charge in [-0.25, -0.2) is 0 Å². The van der Waals surface area contributed by atoms with Gasteiger partial charge in [-0.1, -0.05) is 29.8 Å². The van der Waals surface area contributed by atoms with Crippen molar-refractivity contribution in [2.75, 3.05) is 39.3 Å². The van der Waals surface area contributed by atoms with E-state index in [4.69, 9.17) is 23.2 Å². The predicted octanol–water partition coefficient (Wildman–Crippen LogP) is 2.17. The molecule has 2 amide bonds. The molecule has 1 N–H and O–H groups in total. The number of nitrogens with zero attached hydrogens (tertiary/aromatic N) is 3. The van der Waals surface area contributed by atoms with Crippen LogP contribution in [0.1, 0.15) is 12.0 Å². The van der Waals surface area contributed by atoms with Gasteiger partial charge in [-0.15, -0.1) is 0 Å². The third-order valence-electron chi connectivity index (χ3n) is 5.26. The van der Waals surface area contributed by atoms with Gasteiger partial charge in [0.25, 0.3) is 0 Å². The lowest BCUT2D eigenvalue weighted by atomic mass is 10.1. The smallest absolute Gasteiger partial charge is 0.246 e. The minimum absolute atomic E-state index is 0.0226. The standard InChI is InChI=1S/C19H23Cl2N3O3/c1-2-18(26)24-11-14(12-24)22-5-7-23(8-6-22)19(27)4-3-13-9-15(20)16(21)10-17(13)25/h2,9-10,14,25H,1,3-8,11-12H2. The molecule has 0 saturated carbocycles. The fourth-order valence-electron chi connectivity index (χ4n) is 3.51. The van der Waals surface area contributed by atoms with Crippen LogP contribution in [0.3, 0.4) is 0 Å². The molecule has 2 saturated heterocycles. The molecule has 0 unspecified atom stereocenters. The first-order valence-corrected chi connectivity index (χ1v) is 9.74. The lowest BCUT2D eigenvalue weighted by Crippen LogP contribution is -2.64. The minimum atomic E-state index is -0.0226. The summed E-state index contributed by atoms with van der Waals surface area (Å²) in [7, 11) is 0. The van der Waals surface area contributed by atoms with Gasteiger partial charge >= 0.3 is 0 Å². The largest absolute Gasteiger partial charge is 0.508 e.